The minimum Gasteiger partial charge on any atom is -0.495 e. The summed E-state index contributed by atoms with van der Waals surface area (Å²) in [5, 5.41) is 0. The standard InChI is InChI=1S/C21H26FN3O6S2/c1-7-32(26,27)24-15-9-13(8-14(22)20(15)31-6)16-11-23-19-10-17(30-5)18(12-25(16)19)33(28,29)21(2,3)4/h8-12,24H,7H2,1-6H3. The van der Waals surface area contributed by atoms with Gasteiger partial charge in [-0.25, -0.2) is 26.2 Å². The number of sulfone groups is 1. The minimum atomic E-state index is -3.80. The van der Waals surface area contributed by atoms with Crippen LogP contribution in [0.4, 0.5) is 10.1 Å². The molecule has 0 atom stereocenters. The molecule has 0 saturated carbocycles. The van der Waals surface area contributed by atoms with Crippen LogP contribution in [0.2, 0.25) is 0 Å². The molecule has 0 fully saturated rings. The first-order valence-corrected chi connectivity index (χ1v) is 13.1. The average Bonchev–Trinajstić information content (AvgIpc) is 3.14. The first kappa shape index (κ1) is 24.8. The van der Waals surface area contributed by atoms with Gasteiger partial charge >= 0.3 is 0 Å². The fraction of sp³-hybridized carbons (Fsp3) is 0.381. The van der Waals surface area contributed by atoms with Crippen molar-refractivity contribution in [2.24, 2.45) is 0 Å². The van der Waals surface area contributed by atoms with Gasteiger partial charge in [0.05, 0.1) is 42.3 Å². The normalized spacial score (nSPS) is 12.7. The zero-order valence-corrected chi connectivity index (χ0v) is 20.8. The van der Waals surface area contributed by atoms with Crippen LogP contribution in [0.15, 0.2) is 35.5 Å². The van der Waals surface area contributed by atoms with Crippen LogP contribution in [-0.4, -0.2) is 50.9 Å². The lowest BCUT2D eigenvalue weighted by molar-refractivity contribution is 0.389. The Bertz CT molecular complexity index is 1420. The highest BCUT2D eigenvalue weighted by Crippen LogP contribution is 2.37. The van der Waals surface area contributed by atoms with E-state index in [0.29, 0.717) is 11.3 Å². The molecule has 0 amide bonds. The Morgan fingerprint density at radius 3 is 2.30 bits per heavy atom. The molecule has 0 aliphatic rings. The molecular weight excluding hydrogens is 473 g/mol. The van der Waals surface area contributed by atoms with E-state index in [-0.39, 0.29) is 33.4 Å². The van der Waals surface area contributed by atoms with Crippen molar-refractivity contribution in [1.29, 1.82) is 0 Å². The molecule has 180 valence electrons. The Hall–Kier alpha value is -2.86. The molecule has 0 aliphatic heterocycles. The van der Waals surface area contributed by atoms with E-state index in [2.05, 4.69) is 9.71 Å². The zero-order valence-electron chi connectivity index (χ0n) is 19.1. The maximum Gasteiger partial charge on any atom is 0.232 e. The summed E-state index contributed by atoms with van der Waals surface area (Å²) in [5.74, 6) is -1.14. The van der Waals surface area contributed by atoms with Gasteiger partial charge in [-0.1, -0.05) is 0 Å². The number of halogens is 1. The molecule has 0 aliphatic carbocycles. The van der Waals surface area contributed by atoms with Gasteiger partial charge in [0, 0.05) is 17.8 Å². The molecule has 2 aromatic heterocycles. The van der Waals surface area contributed by atoms with Crippen LogP contribution >= 0.6 is 0 Å². The summed E-state index contributed by atoms with van der Waals surface area (Å²) in [6, 6.07) is 4.04. The van der Waals surface area contributed by atoms with Gasteiger partial charge in [-0.15, -0.1) is 0 Å². The van der Waals surface area contributed by atoms with Crippen LogP contribution in [0.3, 0.4) is 0 Å². The van der Waals surface area contributed by atoms with Gasteiger partial charge in [0.2, 0.25) is 10.0 Å². The van der Waals surface area contributed by atoms with E-state index in [0.717, 1.165) is 6.07 Å². The molecular formula is C21H26FN3O6S2. The van der Waals surface area contributed by atoms with E-state index in [1.807, 2.05) is 0 Å². The molecule has 1 aromatic carbocycles. The molecule has 3 aromatic rings. The van der Waals surface area contributed by atoms with Crippen molar-refractivity contribution in [3.63, 3.8) is 0 Å². The maximum absolute atomic E-state index is 14.8. The maximum atomic E-state index is 14.8. The van der Waals surface area contributed by atoms with Crippen LogP contribution < -0.4 is 14.2 Å². The van der Waals surface area contributed by atoms with Crippen LogP contribution in [0.5, 0.6) is 11.5 Å². The molecule has 0 bridgehead atoms. The number of nitrogens with one attached hydrogen (secondary N) is 1. The average molecular weight is 500 g/mol. The highest BCUT2D eigenvalue weighted by Gasteiger charge is 2.34. The van der Waals surface area contributed by atoms with Gasteiger partial charge in [0.15, 0.2) is 21.4 Å². The van der Waals surface area contributed by atoms with E-state index >= 15 is 0 Å². The van der Waals surface area contributed by atoms with E-state index in [1.165, 1.54) is 50.1 Å². The van der Waals surface area contributed by atoms with Crippen molar-refractivity contribution in [2.45, 2.75) is 37.3 Å². The summed E-state index contributed by atoms with van der Waals surface area (Å²) < 4.78 is 78.4. The Kier molecular flexibility index (Phi) is 6.37. The molecule has 0 unspecified atom stereocenters. The summed E-state index contributed by atoms with van der Waals surface area (Å²) in [7, 11) is -4.93. The predicted molar refractivity (Wildman–Crippen MR) is 124 cm³/mol. The molecule has 1 N–H and O–H groups in total. The third-order valence-corrected chi connectivity index (χ3v) is 8.87. The van der Waals surface area contributed by atoms with Crippen molar-refractivity contribution in [2.75, 3.05) is 24.7 Å². The highest BCUT2D eigenvalue weighted by atomic mass is 32.2. The van der Waals surface area contributed by atoms with Crippen molar-refractivity contribution >= 4 is 31.2 Å². The van der Waals surface area contributed by atoms with Gasteiger partial charge in [0.25, 0.3) is 0 Å². The smallest absolute Gasteiger partial charge is 0.232 e. The lowest BCUT2D eigenvalue weighted by atomic mass is 10.1. The fourth-order valence-electron chi connectivity index (χ4n) is 3.16. The van der Waals surface area contributed by atoms with Gasteiger partial charge in [-0.2, -0.15) is 0 Å². The van der Waals surface area contributed by atoms with E-state index < -0.39 is 30.4 Å². The van der Waals surface area contributed by atoms with E-state index in [4.69, 9.17) is 9.47 Å². The summed E-state index contributed by atoms with van der Waals surface area (Å²) >= 11 is 0. The third-order valence-electron chi connectivity index (χ3n) is 5.08. The summed E-state index contributed by atoms with van der Waals surface area (Å²) in [4.78, 5) is 4.23. The van der Waals surface area contributed by atoms with Crippen LogP contribution in [0.25, 0.3) is 16.9 Å². The molecule has 9 nitrogen and oxygen atoms in total. The van der Waals surface area contributed by atoms with Crippen molar-refractivity contribution in [3.8, 4) is 22.8 Å². The largest absolute Gasteiger partial charge is 0.495 e. The SMILES string of the molecule is CCS(=O)(=O)Nc1cc(-c2cnc3cc(OC)c(S(=O)(=O)C(C)(C)C)cn23)cc(F)c1OC. The van der Waals surface area contributed by atoms with Crippen LogP contribution in [0.1, 0.15) is 27.7 Å². The quantitative estimate of drug-likeness (QED) is 0.529. The van der Waals surface area contributed by atoms with Crippen molar-refractivity contribution < 1.29 is 30.7 Å². The Labute approximate surface area is 192 Å². The predicted octanol–water partition coefficient (Wildman–Crippen LogP) is 3.49. The second-order valence-corrected chi connectivity index (χ2v) is 12.9. The molecule has 12 heteroatoms. The lowest BCUT2D eigenvalue weighted by Crippen LogP contribution is -2.28. The number of anilines is 1. The number of rotatable bonds is 7. The molecule has 0 spiro atoms. The van der Waals surface area contributed by atoms with Crippen molar-refractivity contribution in [1.82, 2.24) is 9.38 Å². The fourth-order valence-corrected chi connectivity index (χ4v) is 5.10. The number of ether oxygens (including phenoxy) is 2. The molecule has 33 heavy (non-hydrogen) atoms. The Balaban J connectivity index is 2.29. The number of methoxy groups -OCH3 is 2. The molecule has 2 heterocycles. The topological polar surface area (TPSA) is 116 Å². The Morgan fingerprint density at radius 1 is 1.09 bits per heavy atom. The van der Waals surface area contributed by atoms with Crippen LogP contribution in [-0.2, 0) is 19.9 Å². The minimum absolute atomic E-state index is 0.0508. The van der Waals surface area contributed by atoms with E-state index in [9.17, 15) is 21.2 Å². The number of hydrogen-bond acceptors (Lipinski definition) is 7. The monoisotopic (exact) mass is 499 g/mol. The van der Waals surface area contributed by atoms with E-state index in [1.54, 1.807) is 20.8 Å². The van der Waals surface area contributed by atoms with Gasteiger partial charge in [0.1, 0.15) is 16.3 Å². The lowest BCUT2D eigenvalue weighted by Gasteiger charge is -2.21. The van der Waals surface area contributed by atoms with Gasteiger partial charge in [-0.05, 0) is 39.8 Å². The number of aromatic nitrogens is 2. The number of benzene rings is 1. The summed E-state index contributed by atoms with van der Waals surface area (Å²) in [6.45, 7) is 6.17. The molecule has 3 rings (SSSR count). The second kappa shape index (κ2) is 8.49. The number of fused-ring (bicyclic) bond motifs is 1. The van der Waals surface area contributed by atoms with Crippen LogP contribution in [0, 0.1) is 5.82 Å². The van der Waals surface area contributed by atoms with Crippen molar-refractivity contribution in [3.05, 3.63) is 36.4 Å². The number of nitrogens with zero attached hydrogens (tertiary/aromatic N) is 2. The summed E-state index contributed by atoms with van der Waals surface area (Å²) in [5.41, 5.74) is 0.886. The highest BCUT2D eigenvalue weighted by molar-refractivity contribution is 7.93. The zero-order chi connectivity index (χ0) is 24.8. The first-order chi connectivity index (χ1) is 15.3. The first-order valence-electron chi connectivity index (χ1n) is 9.94. The summed E-state index contributed by atoms with van der Waals surface area (Å²) in [6.07, 6.45) is 2.80. The number of imidazole rings is 1. The Morgan fingerprint density at radius 2 is 1.76 bits per heavy atom. The third kappa shape index (κ3) is 4.49. The number of pyridine rings is 1. The molecule has 0 saturated heterocycles. The van der Waals surface area contributed by atoms with Gasteiger partial charge in [-0.3, -0.25) is 9.12 Å². The number of sulfonamides is 1. The van der Waals surface area contributed by atoms with Gasteiger partial charge < -0.3 is 9.47 Å². The second-order valence-electron chi connectivity index (χ2n) is 8.24. The molecule has 0 radical (unpaired) electrons. The number of hydrogen-bond donors (Lipinski definition) is 1.